The number of hydrogen-bond donors (Lipinski definition) is 0. The van der Waals surface area contributed by atoms with E-state index >= 15 is 0 Å². The van der Waals surface area contributed by atoms with Gasteiger partial charge in [-0.2, -0.15) is 0 Å². The van der Waals surface area contributed by atoms with E-state index in [4.69, 9.17) is 16.0 Å². The van der Waals surface area contributed by atoms with Crippen LogP contribution < -0.4 is 0 Å². The highest BCUT2D eigenvalue weighted by Crippen LogP contribution is 2.34. The van der Waals surface area contributed by atoms with E-state index in [1.54, 1.807) is 24.5 Å². The molecule has 0 fully saturated rings. The first-order valence-corrected chi connectivity index (χ1v) is 8.92. The van der Waals surface area contributed by atoms with Crippen LogP contribution in [0.25, 0.3) is 28.1 Å². The number of aromatic nitrogens is 1. The lowest BCUT2D eigenvalue weighted by Gasteiger charge is -2.14. The van der Waals surface area contributed by atoms with Crippen molar-refractivity contribution < 1.29 is 9.21 Å². The molecule has 0 atom stereocenters. The summed E-state index contributed by atoms with van der Waals surface area (Å²) in [5.41, 5.74) is 3.91. The minimum Gasteiger partial charge on any atom is -0.465 e. The zero-order valence-corrected chi connectivity index (χ0v) is 15.4. The van der Waals surface area contributed by atoms with Crippen LogP contribution in [0.4, 0.5) is 0 Å². The minimum atomic E-state index is -0.118. The van der Waals surface area contributed by atoms with Gasteiger partial charge in [0, 0.05) is 21.7 Å². The van der Waals surface area contributed by atoms with Gasteiger partial charge in [0.05, 0.1) is 17.3 Å². The number of carbonyl (C=O) groups excluding carboxylic acids is 1. The van der Waals surface area contributed by atoms with Crippen LogP contribution in [0.5, 0.6) is 0 Å². The maximum absolute atomic E-state index is 13.1. The van der Waals surface area contributed by atoms with Crippen LogP contribution in [-0.4, -0.2) is 10.8 Å². The Hall–Kier alpha value is -3.17. The molecule has 0 aliphatic rings. The fraction of sp³-hybridized carbons (Fsp3) is 0.0435. The number of furan rings is 1. The zero-order valence-electron chi connectivity index (χ0n) is 14.6. The van der Waals surface area contributed by atoms with Crippen molar-refractivity contribution in [3.05, 3.63) is 95.0 Å². The van der Waals surface area contributed by atoms with Gasteiger partial charge in [0.25, 0.3) is 0 Å². The van der Waals surface area contributed by atoms with Gasteiger partial charge >= 0.3 is 0 Å². The topological polar surface area (TPSA) is 43.1 Å². The Kier molecular flexibility index (Phi) is 4.61. The quantitative estimate of drug-likeness (QED) is 0.309. The Bertz CT molecular complexity index is 1140. The lowest BCUT2D eigenvalue weighted by atomic mass is 9.92. The first kappa shape index (κ1) is 17.3. The van der Waals surface area contributed by atoms with Crippen LogP contribution in [0.2, 0.25) is 5.02 Å². The van der Waals surface area contributed by atoms with Crippen molar-refractivity contribution in [2.75, 3.05) is 0 Å². The number of carbonyl (C=O) groups is 1. The summed E-state index contributed by atoms with van der Waals surface area (Å²) >= 11 is 6.06. The lowest BCUT2D eigenvalue weighted by molar-refractivity contribution is 0.104. The van der Waals surface area contributed by atoms with E-state index < -0.39 is 0 Å². The van der Waals surface area contributed by atoms with Crippen LogP contribution in [-0.2, 0) is 0 Å². The van der Waals surface area contributed by atoms with Crippen LogP contribution in [0, 0.1) is 6.92 Å². The van der Waals surface area contributed by atoms with Crippen LogP contribution in [0.15, 0.2) is 77.4 Å². The summed E-state index contributed by atoms with van der Waals surface area (Å²) in [5.74, 6) is 0.509. The molecule has 0 radical (unpaired) electrons. The molecule has 4 aromatic rings. The molecule has 0 unspecified atom stereocenters. The van der Waals surface area contributed by atoms with Crippen molar-refractivity contribution in [1.29, 1.82) is 0 Å². The number of ketones is 1. The van der Waals surface area contributed by atoms with Crippen LogP contribution in [0.1, 0.15) is 21.8 Å². The molecule has 2 aromatic heterocycles. The van der Waals surface area contributed by atoms with E-state index in [9.17, 15) is 4.79 Å². The van der Waals surface area contributed by atoms with Gasteiger partial charge in [0.2, 0.25) is 0 Å². The summed E-state index contributed by atoms with van der Waals surface area (Å²) in [6.45, 7) is 1.86. The number of rotatable bonds is 4. The summed E-state index contributed by atoms with van der Waals surface area (Å²) in [4.78, 5) is 17.7. The van der Waals surface area contributed by atoms with Gasteiger partial charge in [0.1, 0.15) is 5.76 Å². The second-order valence-electron chi connectivity index (χ2n) is 6.18. The molecule has 3 nitrogen and oxygen atoms in total. The van der Waals surface area contributed by atoms with Gasteiger partial charge in [-0.05, 0) is 55.0 Å². The Morgan fingerprint density at radius 2 is 1.81 bits per heavy atom. The number of benzene rings is 2. The summed E-state index contributed by atoms with van der Waals surface area (Å²) < 4.78 is 5.28. The highest BCUT2D eigenvalue weighted by atomic mass is 35.5. The average Bonchev–Trinajstić information content (AvgIpc) is 3.19. The SMILES string of the molecule is Cc1nc2ccccc2c(-c2ccc(Cl)cc2)c1C(=O)C=Cc1ccco1. The zero-order chi connectivity index (χ0) is 18.8. The second kappa shape index (κ2) is 7.22. The molecule has 0 aliphatic carbocycles. The van der Waals surface area contributed by atoms with Crippen LogP contribution in [0.3, 0.4) is 0 Å². The molecule has 0 spiro atoms. The highest BCUT2D eigenvalue weighted by Gasteiger charge is 2.18. The third kappa shape index (κ3) is 3.42. The molecule has 0 amide bonds. The molecule has 132 valence electrons. The predicted octanol–water partition coefficient (Wildman–Crippen LogP) is 6.35. The van der Waals surface area contributed by atoms with Crippen molar-refractivity contribution >= 4 is 34.4 Å². The van der Waals surface area contributed by atoms with E-state index in [0.29, 0.717) is 22.0 Å². The fourth-order valence-electron chi connectivity index (χ4n) is 3.18. The summed E-state index contributed by atoms with van der Waals surface area (Å²) in [6, 6.07) is 18.9. The molecule has 4 rings (SSSR count). The molecular formula is C23H16ClNO2. The molecule has 0 N–H and O–H groups in total. The first-order valence-electron chi connectivity index (χ1n) is 8.54. The van der Waals surface area contributed by atoms with Crippen molar-refractivity contribution in [1.82, 2.24) is 4.98 Å². The molecule has 27 heavy (non-hydrogen) atoms. The smallest absolute Gasteiger partial charge is 0.188 e. The Labute approximate surface area is 161 Å². The molecular weight excluding hydrogens is 358 g/mol. The van der Waals surface area contributed by atoms with Crippen molar-refractivity contribution in [2.45, 2.75) is 6.92 Å². The standard InChI is InChI=1S/C23H16ClNO2/c1-15-22(21(26)13-12-18-5-4-14-27-18)23(16-8-10-17(24)11-9-16)19-6-2-3-7-20(19)25-15/h2-14H,1H3. The molecule has 2 aromatic carbocycles. The van der Waals surface area contributed by atoms with Gasteiger partial charge in [0.15, 0.2) is 5.78 Å². The minimum absolute atomic E-state index is 0.118. The van der Waals surface area contributed by atoms with Gasteiger partial charge in [-0.1, -0.05) is 41.9 Å². The van der Waals surface area contributed by atoms with Gasteiger partial charge < -0.3 is 4.42 Å². The number of nitrogens with zero attached hydrogens (tertiary/aromatic N) is 1. The number of aryl methyl sites for hydroxylation is 1. The first-order chi connectivity index (χ1) is 13.1. The number of allylic oxidation sites excluding steroid dienone is 1. The van der Waals surface area contributed by atoms with Gasteiger partial charge in [-0.3, -0.25) is 9.78 Å². The number of hydrogen-bond acceptors (Lipinski definition) is 3. The molecule has 0 saturated carbocycles. The normalized spacial score (nSPS) is 11.3. The van der Waals surface area contributed by atoms with E-state index in [-0.39, 0.29) is 5.78 Å². The predicted molar refractivity (Wildman–Crippen MR) is 109 cm³/mol. The van der Waals surface area contributed by atoms with E-state index in [2.05, 4.69) is 4.98 Å². The van der Waals surface area contributed by atoms with Crippen molar-refractivity contribution in [2.24, 2.45) is 0 Å². The summed E-state index contributed by atoms with van der Waals surface area (Å²) in [7, 11) is 0. The Morgan fingerprint density at radius 1 is 1.04 bits per heavy atom. The van der Waals surface area contributed by atoms with E-state index in [1.165, 1.54) is 6.08 Å². The fourth-order valence-corrected chi connectivity index (χ4v) is 3.31. The van der Waals surface area contributed by atoms with Crippen molar-refractivity contribution in [3.8, 4) is 11.1 Å². The number of halogens is 1. The molecule has 4 heteroatoms. The summed E-state index contributed by atoms with van der Waals surface area (Å²) in [6.07, 6.45) is 4.77. The molecule has 0 saturated heterocycles. The Morgan fingerprint density at radius 3 is 2.56 bits per heavy atom. The van der Waals surface area contributed by atoms with Gasteiger partial charge in [-0.15, -0.1) is 0 Å². The maximum atomic E-state index is 13.1. The third-order valence-corrected chi connectivity index (χ3v) is 4.65. The average molecular weight is 374 g/mol. The molecule has 0 bridgehead atoms. The number of fused-ring (bicyclic) bond motifs is 1. The summed E-state index contributed by atoms with van der Waals surface area (Å²) in [5, 5.41) is 1.58. The lowest BCUT2D eigenvalue weighted by Crippen LogP contribution is -2.05. The third-order valence-electron chi connectivity index (χ3n) is 4.39. The Balaban J connectivity index is 1.93. The number of pyridine rings is 1. The molecule has 0 aliphatic heterocycles. The monoisotopic (exact) mass is 373 g/mol. The molecule has 2 heterocycles. The largest absolute Gasteiger partial charge is 0.465 e. The second-order valence-corrected chi connectivity index (χ2v) is 6.62. The number of para-hydroxylation sites is 1. The van der Waals surface area contributed by atoms with E-state index in [0.717, 1.165) is 22.0 Å². The van der Waals surface area contributed by atoms with Crippen molar-refractivity contribution in [3.63, 3.8) is 0 Å². The maximum Gasteiger partial charge on any atom is 0.188 e. The van der Waals surface area contributed by atoms with Gasteiger partial charge in [-0.25, -0.2) is 0 Å². The van der Waals surface area contributed by atoms with Crippen LogP contribution >= 0.6 is 11.6 Å². The van der Waals surface area contributed by atoms with E-state index in [1.807, 2.05) is 55.5 Å². The highest BCUT2D eigenvalue weighted by molar-refractivity contribution is 6.30.